The molecule has 0 aliphatic heterocycles. The molecular formula is C20H14ClF2NO2. The van der Waals surface area contributed by atoms with E-state index in [0.717, 1.165) is 11.6 Å². The number of halogens is 3. The predicted octanol–water partition coefficient (Wildman–Crippen LogP) is 5.45. The Hall–Kier alpha value is -2.92. The van der Waals surface area contributed by atoms with Gasteiger partial charge in [0.15, 0.2) is 0 Å². The normalized spacial score (nSPS) is 10.4. The molecule has 26 heavy (non-hydrogen) atoms. The highest BCUT2D eigenvalue weighted by Crippen LogP contribution is 2.20. The number of hydrogen-bond acceptors (Lipinski definition) is 2. The Bertz CT molecular complexity index is 929. The lowest BCUT2D eigenvalue weighted by Crippen LogP contribution is -2.13. The summed E-state index contributed by atoms with van der Waals surface area (Å²) in [7, 11) is 0. The van der Waals surface area contributed by atoms with Crippen molar-refractivity contribution in [3.8, 4) is 5.75 Å². The monoisotopic (exact) mass is 373 g/mol. The van der Waals surface area contributed by atoms with E-state index in [2.05, 4.69) is 5.32 Å². The molecule has 0 bridgehead atoms. The molecule has 1 N–H and O–H groups in total. The number of benzene rings is 3. The highest BCUT2D eigenvalue weighted by atomic mass is 35.5. The molecule has 0 saturated carbocycles. The Labute approximate surface area is 154 Å². The van der Waals surface area contributed by atoms with Crippen molar-refractivity contribution in [2.45, 2.75) is 6.61 Å². The molecular weight excluding hydrogens is 360 g/mol. The summed E-state index contributed by atoms with van der Waals surface area (Å²) in [6.45, 7) is 0.298. The fourth-order valence-corrected chi connectivity index (χ4v) is 2.45. The molecule has 0 heterocycles. The van der Waals surface area contributed by atoms with Gasteiger partial charge in [0.05, 0.1) is 5.69 Å². The van der Waals surface area contributed by atoms with E-state index in [-0.39, 0.29) is 5.69 Å². The Balaban J connectivity index is 1.63. The summed E-state index contributed by atoms with van der Waals surface area (Å²) in [6, 6.07) is 16.7. The first-order valence-electron chi connectivity index (χ1n) is 7.75. The van der Waals surface area contributed by atoms with Gasteiger partial charge in [-0.05, 0) is 42.5 Å². The van der Waals surface area contributed by atoms with Crippen LogP contribution in [0.5, 0.6) is 5.75 Å². The standard InChI is InChI=1S/C20H14ClF2NO2/c21-17-4-2-1-3-14(17)12-26-16-8-5-13(6-9-16)20(25)24-19-10-7-15(22)11-18(19)23/h1-11H,12H2,(H,24,25). The molecule has 132 valence electrons. The van der Waals surface area contributed by atoms with Gasteiger partial charge in [-0.15, -0.1) is 0 Å². The van der Waals surface area contributed by atoms with Crippen molar-refractivity contribution in [3.05, 3.63) is 94.5 Å². The number of carbonyl (C=O) groups is 1. The van der Waals surface area contributed by atoms with Crippen LogP contribution in [0.2, 0.25) is 5.02 Å². The third kappa shape index (κ3) is 4.37. The van der Waals surface area contributed by atoms with Gasteiger partial charge in [-0.1, -0.05) is 29.8 Å². The minimum Gasteiger partial charge on any atom is -0.489 e. The zero-order valence-electron chi connectivity index (χ0n) is 13.5. The molecule has 0 spiro atoms. The average molecular weight is 374 g/mol. The number of anilines is 1. The lowest BCUT2D eigenvalue weighted by atomic mass is 10.2. The van der Waals surface area contributed by atoms with Crippen LogP contribution < -0.4 is 10.1 Å². The van der Waals surface area contributed by atoms with Gasteiger partial charge in [0.25, 0.3) is 5.91 Å². The minimum absolute atomic E-state index is 0.0875. The molecule has 3 nitrogen and oxygen atoms in total. The smallest absolute Gasteiger partial charge is 0.255 e. The molecule has 0 aliphatic rings. The Morgan fingerprint density at radius 1 is 1.00 bits per heavy atom. The Morgan fingerprint density at radius 3 is 2.42 bits per heavy atom. The lowest BCUT2D eigenvalue weighted by Gasteiger charge is -2.09. The van der Waals surface area contributed by atoms with Gasteiger partial charge in [0.1, 0.15) is 24.0 Å². The maximum atomic E-state index is 13.6. The van der Waals surface area contributed by atoms with Crippen LogP contribution in [0.15, 0.2) is 66.7 Å². The van der Waals surface area contributed by atoms with Crippen molar-refractivity contribution < 1.29 is 18.3 Å². The second-order valence-electron chi connectivity index (χ2n) is 5.48. The molecule has 6 heteroatoms. The van der Waals surface area contributed by atoms with E-state index in [1.807, 2.05) is 18.2 Å². The van der Waals surface area contributed by atoms with Gasteiger partial charge >= 0.3 is 0 Å². The molecule has 0 atom stereocenters. The molecule has 0 unspecified atom stereocenters. The van der Waals surface area contributed by atoms with Crippen molar-refractivity contribution in [1.29, 1.82) is 0 Å². The van der Waals surface area contributed by atoms with Crippen LogP contribution in [-0.2, 0) is 6.61 Å². The van der Waals surface area contributed by atoms with Crippen molar-refractivity contribution in [2.75, 3.05) is 5.32 Å². The van der Waals surface area contributed by atoms with Crippen LogP contribution in [0.1, 0.15) is 15.9 Å². The van der Waals surface area contributed by atoms with E-state index < -0.39 is 17.5 Å². The third-order valence-corrected chi connectivity index (χ3v) is 4.02. The van der Waals surface area contributed by atoms with Crippen LogP contribution >= 0.6 is 11.6 Å². The van der Waals surface area contributed by atoms with E-state index in [4.69, 9.17) is 16.3 Å². The summed E-state index contributed by atoms with van der Waals surface area (Å²) < 4.78 is 32.1. The van der Waals surface area contributed by atoms with Gasteiger partial charge in [-0.25, -0.2) is 8.78 Å². The van der Waals surface area contributed by atoms with Gasteiger partial charge in [-0.2, -0.15) is 0 Å². The van der Waals surface area contributed by atoms with E-state index >= 15 is 0 Å². The summed E-state index contributed by atoms with van der Waals surface area (Å²) >= 11 is 6.07. The first-order chi connectivity index (χ1) is 12.5. The lowest BCUT2D eigenvalue weighted by molar-refractivity contribution is 0.102. The average Bonchev–Trinajstić information content (AvgIpc) is 2.64. The maximum absolute atomic E-state index is 13.6. The van der Waals surface area contributed by atoms with Gasteiger partial charge in [0.2, 0.25) is 0 Å². The summed E-state index contributed by atoms with van der Waals surface area (Å²) in [5.74, 6) is -1.49. The summed E-state index contributed by atoms with van der Waals surface area (Å²) in [5.41, 5.74) is 1.08. The van der Waals surface area contributed by atoms with Crippen LogP contribution in [0.3, 0.4) is 0 Å². The van der Waals surface area contributed by atoms with Crippen molar-refractivity contribution in [2.24, 2.45) is 0 Å². The topological polar surface area (TPSA) is 38.3 Å². The van der Waals surface area contributed by atoms with Crippen LogP contribution in [0, 0.1) is 11.6 Å². The molecule has 0 saturated heterocycles. The molecule has 0 radical (unpaired) electrons. The number of rotatable bonds is 5. The molecule has 0 aromatic heterocycles. The zero-order chi connectivity index (χ0) is 18.5. The van der Waals surface area contributed by atoms with Crippen LogP contribution in [0.25, 0.3) is 0 Å². The van der Waals surface area contributed by atoms with Crippen LogP contribution in [0.4, 0.5) is 14.5 Å². The first-order valence-corrected chi connectivity index (χ1v) is 8.13. The SMILES string of the molecule is O=C(Nc1ccc(F)cc1F)c1ccc(OCc2ccccc2Cl)cc1. The second-order valence-corrected chi connectivity index (χ2v) is 5.89. The first kappa shape index (κ1) is 17.9. The summed E-state index contributed by atoms with van der Waals surface area (Å²) in [6.07, 6.45) is 0. The number of nitrogens with one attached hydrogen (secondary N) is 1. The van der Waals surface area contributed by atoms with E-state index in [9.17, 15) is 13.6 Å². The molecule has 3 aromatic carbocycles. The summed E-state index contributed by atoms with van der Waals surface area (Å²) in [4.78, 5) is 12.2. The zero-order valence-corrected chi connectivity index (χ0v) is 14.3. The van der Waals surface area contributed by atoms with Crippen molar-refractivity contribution in [3.63, 3.8) is 0 Å². The largest absolute Gasteiger partial charge is 0.489 e. The third-order valence-electron chi connectivity index (χ3n) is 3.65. The predicted molar refractivity (Wildman–Crippen MR) is 96.5 cm³/mol. The molecule has 0 fully saturated rings. The fraction of sp³-hybridized carbons (Fsp3) is 0.0500. The number of ether oxygens (including phenoxy) is 1. The number of carbonyl (C=O) groups excluding carboxylic acids is 1. The highest BCUT2D eigenvalue weighted by Gasteiger charge is 2.10. The van der Waals surface area contributed by atoms with E-state index in [1.54, 1.807) is 30.3 Å². The second kappa shape index (κ2) is 7.97. The highest BCUT2D eigenvalue weighted by molar-refractivity contribution is 6.31. The van der Waals surface area contributed by atoms with E-state index in [1.165, 1.54) is 6.07 Å². The quantitative estimate of drug-likeness (QED) is 0.645. The van der Waals surface area contributed by atoms with Crippen molar-refractivity contribution in [1.82, 2.24) is 0 Å². The maximum Gasteiger partial charge on any atom is 0.255 e. The fourth-order valence-electron chi connectivity index (χ4n) is 2.26. The van der Waals surface area contributed by atoms with Gasteiger partial charge in [0, 0.05) is 22.2 Å². The number of hydrogen-bond donors (Lipinski definition) is 1. The van der Waals surface area contributed by atoms with Crippen molar-refractivity contribution >= 4 is 23.2 Å². The Morgan fingerprint density at radius 2 is 1.73 bits per heavy atom. The van der Waals surface area contributed by atoms with Gasteiger partial charge < -0.3 is 10.1 Å². The minimum atomic E-state index is -0.835. The molecule has 3 rings (SSSR count). The number of amides is 1. The summed E-state index contributed by atoms with van der Waals surface area (Å²) in [5, 5.41) is 3.02. The Kier molecular flexibility index (Phi) is 5.49. The van der Waals surface area contributed by atoms with Crippen LogP contribution in [-0.4, -0.2) is 5.91 Å². The molecule has 3 aromatic rings. The molecule has 0 aliphatic carbocycles. The van der Waals surface area contributed by atoms with E-state index in [0.29, 0.717) is 29.0 Å². The van der Waals surface area contributed by atoms with Gasteiger partial charge in [-0.3, -0.25) is 4.79 Å². The molecule has 1 amide bonds.